The van der Waals surface area contributed by atoms with E-state index in [1.165, 1.54) is 5.32 Å². The lowest BCUT2D eigenvalue weighted by atomic mass is 10.3. The Morgan fingerprint density at radius 3 is 2.57 bits per heavy atom. The highest BCUT2D eigenvalue weighted by Crippen LogP contribution is 2.19. The molecule has 1 N–H and O–H groups in total. The van der Waals surface area contributed by atoms with Gasteiger partial charge >= 0.3 is 0 Å². The molecule has 7 heavy (non-hydrogen) atoms. The van der Waals surface area contributed by atoms with Gasteiger partial charge in [0.2, 0.25) is 0 Å². The first-order chi connectivity index (χ1) is 5.46. The first-order valence-electron chi connectivity index (χ1n) is 4.63. The molecule has 1 saturated heterocycles. The molecule has 1 aliphatic heterocycles. The highest BCUT2D eigenvalue weighted by Gasteiger charge is 2.32. The van der Waals surface area contributed by atoms with Gasteiger partial charge in [0.25, 0.3) is 5.92 Å². The number of hydrogen-bond acceptors (Lipinski definition) is 1. The minimum atomic E-state index is -4.40. The molecule has 0 aromatic heterocycles. The fourth-order valence-electron chi connectivity index (χ4n) is 0.251. The molecule has 0 aliphatic carbocycles. The van der Waals surface area contributed by atoms with Crippen LogP contribution >= 0.6 is 0 Å². The molecule has 3 heteroatoms. The van der Waals surface area contributed by atoms with Crippen LogP contribution in [-0.4, -0.2) is 18.9 Å². The van der Waals surface area contributed by atoms with Gasteiger partial charge in [0.1, 0.15) is 0 Å². The van der Waals surface area contributed by atoms with Crippen LogP contribution in [0, 0.1) is 0 Å². The highest BCUT2D eigenvalue weighted by molar-refractivity contribution is 4.77. The van der Waals surface area contributed by atoms with Crippen molar-refractivity contribution in [3.8, 4) is 0 Å². The fraction of sp³-hybridized carbons (Fsp3) is 1.00. The second-order valence-corrected chi connectivity index (χ2v) is 1.07. The molecular weight excluding hydrogens is 100 g/mol. The summed E-state index contributed by atoms with van der Waals surface area (Å²) in [6.45, 7) is -6.46. The molecule has 0 amide bonds. The molecule has 0 aromatic rings. The molecule has 0 aromatic carbocycles. The molecule has 1 aliphatic rings. The summed E-state index contributed by atoms with van der Waals surface area (Å²) in [5.41, 5.74) is 0. The normalized spacial score (nSPS) is 62.6. The maximum absolute atomic E-state index is 12.9. The predicted octanol–water partition coefficient (Wildman–Crippen LogP) is 0.615. The average Bonchev–Trinajstić information content (AvgIpc) is 1.88. The first kappa shape index (κ1) is 1.41. The van der Waals surface area contributed by atoms with Gasteiger partial charge in [-0.2, -0.15) is 0 Å². The number of hydrogen-bond donors (Lipinski definition) is 1. The molecule has 1 nitrogen and oxygen atoms in total. The molecule has 0 atom stereocenters. The van der Waals surface area contributed by atoms with E-state index in [4.69, 9.17) is 8.22 Å². The number of rotatable bonds is 0. The average molecular weight is 113 g/mol. The fourth-order valence-corrected chi connectivity index (χ4v) is 0.251. The van der Waals surface area contributed by atoms with Gasteiger partial charge in [0.05, 0.1) is 6.50 Å². The third-order valence-electron chi connectivity index (χ3n) is 0.501. The molecule has 0 saturated carbocycles. The van der Waals surface area contributed by atoms with Gasteiger partial charge in [-0.25, -0.2) is 8.78 Å². The van der Waals surface area contributed by atoms with Gasteiger partial charge in [0, 0.05) is 21.1 Å². The van der Waals surface area contributed by atoms with Crippen LogP contribution in [0.2, 0.25) is 0 Å². The van der Waals surface area contributed by atoms with Crippen LogP contribution in [0.5, 0.6) is 0 Å². The number of nitrogens with one attached hydrogen (secondary N) is 1. The third kappa shape index (κ3) is 1.09. The van der Waals surface area contributed by atoms with Crippen LogP contribution in [0.1, 0.15) is 14.6 Å². The quantitative estimate of drug-likeness (QED) is 0.485. The Bertz CT molecular complexity index is 215. The van der Waals surface area contributed by atoms with E-state index in [0.29, 0.717) is 0 Å². The molecule has 1 heterocycles. The molecule has 0 bridgehead atoms. The SMILES string of the molecule is [2H]C1([2H])NC([2H])([2H])C(F)(F)C1([2H])[2H]. The van der Waals surface area contributed by atoms with Gasteiger partial charge < -0.3 is 5.32 Å². The van der Waals surface area contributed by atoms with Crippen LogP contribution < -0.4 is 5.32 Å². The summed E-state index contributed by atoms with van der Waals surface area (Å²) in [5, 5.41) is 1.29. The van der Waals surface area contributed by atoms with Gasteiger partial charge in [-0.15, -0.1) is 0 Å². The largest absolute Gasteiger partial charge is 0.311 e. The van der Waals surface area contributed by atoms with Crippen molar-refractivity contribution in [3.05, 3.63) is 0 Å². The topological polar surface area (TPSA) is 12.0 Å². The van der Waals surface area contributed by atoms with E-state index in [1.807, 2.05) is 0 Å². The molecule has 42 valence electrons. The van der Waals surface area contributed by atoms with E-state index in [9.17, 15) is 8.78 Å². The van der Waals surface area contributed by atoms with Crippen LogP contribution in [0.25, 0.3) is 0 Å². The summed E-state index contributed by atoms with van der Waals surface area (Å²) in [6.07, 6.45) is -3.57. The van der Waals surface area contributed by atoms with E-state index >= 15 is 0 Å². The summed E-state index contributed by atoms with van der Waals surface area (Å²) in [7, 11) is 0. The Kier molecular flexibility index (Phi) is 0.282. The third-order valence-corrected chi connectivity index (χ3v) is 0.501. The summed E-state index contributed by atoms with van der Waals surface area (Å²) in [4.78, 5) is 0. The van der Waals surface area contributed by atoms with E-state index in [2.05, 4.69) is 0 Å². The molecule has 0 spiro atoms. The van der Waals surface area contributed by atoms with E-state index in [0.717, 1.165) is 0 Å². The van der Waals surface area contributed by atoms with Gasteiger partial charge in [-0.05, 0) is 0 Å². The zero-order chi connectivity index (χ0) is 10.7. The minimum absolute atomic E-state index is 1.29. The van der Waals surface area contributed by atoms with Crippen molar-refractivity contribution < 1.29 is 17.0 Å². The maximum atomic E-state index is 12.9. The Morgan fingerprint density at radius 2 is 2.43 bits per heavy atom. The molecule has 1 rings (SSSR count). The number of halogens is 2. The van der Waals surface area contributed by atoms with E-state index in [1.54, 1.807) is 0 Å². The van der Waals surface area contributed by atoms with E-state index < -0.39 is 25.3 Å². The van der Waals surface area contributed by atoms with Crippen LogP contribution in [0.4, 0.5) is 8.78 Å². The second kappa shape index (κ2) is 1.40. The summed E-state index contributed by atoms with van der Waals surface area (Å²) >= 11 is 0. The zero-order valence-corrected chi connectivity index (χ0v) is 3.26. The van der Waals surface area contributed by atoms with Crippen molar-refractivity contribution in [1.29, 1.82) is 0 Å². The van der Waals surface area contributed by atoms with Crippen LogP contribution in [0.3, 0.4) is 0 Å². The predicted molar refractivity (Wildman–Crippen MR) is 22.4 cm³/mol. The monoisotopic (exact) mass is 113 g/mol. The van der Waals surface area contributed by atoms with Crippen molar-refractivity contribution in [3.63, 3.8) is 0 Å². The Morgan fingerprint density at radius 1 is 1.71 bits per heavy atom. The lowest BCUT2D eigenvalue weighted by Crippen LogP contribution is -2.18. The lowest BCUT2D eigenvalue weighted by Gasteiger charge is -2.02. The second-order valence-electron chi connectivity index (χ2n) is 1.07. The summed E-state index contributed by atoms with van der Waals surface area (Å²) in [6, 6.07) is 0. The Hall–Kier alpha value is -0.180. The smallest absolute Gasteiger partial charge is 0.261 e. The Balaban J connectivity index is 3.24. The highest BCUT2D eigenvalue weighted by atomic mass is 19.3. The standard InChI is InChI=1S/C4H7F2N/c5-4(6)1-2-7-3-4/h7H,1-3H2/i1D2,2D2,3D2. The molecular formula is C4H7F2N. The summed E-state index contributed by atoms with van der Waals surface area (Å²) in [5.74, 6) is -4.40. The van der Waals surface area contributed by atoms with Crippen LogP contribution in [0.15, 0.2) is 0 Å². The van der Waals surface area contributed by atoms with Gasteiger partial charge in [0.15, 0.2) is 0 Å². The number of alkyl halides is 2. The summed E-state index contributed by atoms with van der Waals surface area (Å²) < 4.78 is 66.6. The van der Waals surface area contributed by atoms with Gasteiger partial charge in [-0.3, -0.25) is 0 Å². The van der Waals surface area contributed by atoms with Crippen molar-refractivity contribution in [2.45, 2.75) is 12.3 Å². The zero-order valence-electron chi connectivity index (χ0n) is 9.26. The lowest BCUT2D eigenvalue weighted by molar-refractivity contribution is 0.0238. The first-order valence-corrected chi connectivity index (χ1v) is 1.63. The molecule has 1 fully saturated rings. The van der Waals surface area contributed by atoms with Crippen molar-refractivity contribution >= 4 is 0 Å². The van der Waals surface area contributed by atoms with Crippen molar-refractivity contribution in [2.75, 3.05) is 13.0 Å². The van der Waals surface area contributed by atoms with Crippen LogP contribution in [-0.2, 0) is 0 Å². The molecule has 0 unspecified atom stereocenters. The maximum Gasteiger partial charge on any atom is 0.261 e. The van der Waals surface area contributed by atoms with Crippen molar-refractivity contribution in [2.24, 2.45) is 0 Å². The van der Waals surface area contributed by atoms with E-state index in [-0.39, 0.29) is 0 Å². The Labute approximate surface area is 49.1 Å². The van der Waals surface area contributed by atoms with Gasteiger partial charge in [-0.1, -0.05) is 0 Å². The minimum Gasteiger partial charge on any atom is -0.311 e. The molecule has 0 radical (unpaired) electrons. The van der Waals surface area contributed by atoms with Crippen molar-refractivity contribution in [1.82, 2.24) is 5.32 Å².